The van der Waals surface area contributed by atoms with Crippen LogP contribution in [0.15, 0.2) is 36.4 Å². The van der Waals surface area contributed by atoms with Crippen LogP contribution in [0.5, 0.6) is 0 Å². The Balaban J connectivity index is 1.93. The highest BCUT2D eigenvalue weighted by Crippen LogP contribution is 2.47. The second-order valence-corrected chi connectivity index (χ2v) is 18.1. The van der Waals surface area contributed by atoms with Crippen LogP contribution >= 0.6 is 0 Å². The number of nitrogens with zero attached hydrogens (tertiary/aromatic N) is 2. The Kier molecular flexibility index (Phi) is 7.42. The Bertz CT molecular complexity index is 1180. The largest absolute Gasteiger partial charge is 0.370 e. The highest BCUT2D eigenvalue weighted by atomic mass is 28.3. The van der Waals surface area contributed by atoms with E-state index >= 15 is 0 Å². The molecule has 0 radical (unpaired) electrons. The van der Waals surface area contributed by atoms with Crippen molar-refractivity contribution in [2.45, 2.75) is 104 Å². The molecule has 1 aliphatic rings. The van der Waals surface area contributed by atoms with Gasteiger partial charge in [0.15, 0.2) is 8.24 Å². The molecule has 4 rings (SSSR count). The van der Waals surface area contributed by atoms with E-state index in [-0.39, 0.29) is 0 Å². The molecule has 2 nitrogen and oxygen atoms in total. The zero-order chi connectivity index (χ0) is 25.7. The van der Waals surface area contributed by atoms with Gasteiger partial charge >= 0.3 is 0 Å². The zero-order valence-electron chi connectivity index (χ0n) is 24.0. The van der Waals surface area contributed by atoms with E-state index in [0.717, 1.165) is 6.42 Å². The molecule has 35 heavy (non-hydrogen) atoms. The van der Waals surface area contributed by atoms with Gasteiger partial charge in [0.2, 0.25) is 0 Å². The predicted octanol–water partition coefficient (Wildman–Crippen LogP) is 8.29. The molecule has 0 spiro atoms. The van der Waals surface area contributed by atoms with Crippen LogP contribution in [0.4, 0.5) is 0 Å². The van der Waals surface area contributed by atoms with Crippen LogP contribution in [0.3, 0.4) is 0 Å². The number of benzene rings is 2. The number of aryl methyl sites for hydroxylation is 2. The number of fused-ring (bicyclic) bond motifs is 3. The Morgan fingerprint density at radius 1 is 0.857 bits per heavy atom. The highest BCUT2D eigenvalue weighted by molar-refractivity contribution is 6.82. The number of aromatic nitrogens is 1. The topological polar surface area (TPSA) is 8.17 Å². The van der Waals surface area contributed by atoms with Crippen molar-refractivity contribution in [1.29, 1.82) is 0 Å². The minimum absolute atomic E-state index is 0.637. The van der Waals surface area contributed by atoms with Gasteiger partial charge < -0.3 is 9.13 Å². The predicted molar refractivity (Wildman–Crippen MR) is 157 cm³/mol. The zero-order valence-corrected chi connectivity index (χ0v) is 25.0. The van der Waals surface area contributed by atoms with Gasteiger partial charge in [-0.05, 0) is 110 Å². The molecule has 0 amide bonds. The van der Waals surface area contributed by atoms with Crippen molar-refractivity contribution in [3.05, 3.63) is 69.9 Å². The Morgan fingerprint density at radius 3 is 2.03 bits per heavy atom. The molecule has 0 saturated carbocycles. The molecule has 1 aromatic heterocycles. The number of likely N-dealkylation sites (N-methyl/N-ethyl adjacent to an activating group) is 1. The molecule has 0 saturated heterocycles. The SMILES string of the molecule is Cc1ccc(Cc2ccc3c(c2)c2c(n3[Si](C(C)C)(C(C)C)C(C)C)CCC(N(C)C)C2)cc1C. The molecule has 1 unspecified atom stereocenters. The second kappa shape index (κ2) is 9.90. The van der Waals surface area contributed by atoms with Crippen LogP contribution in [-0.4, -0.2) is 37.5 Å². The molecule has 0 fully saturated rings. The van der Waals surface area contributed by atoms with Gasteiger partial charge in [-0.3, -0.25) is 0 Å². The van der Waals surface area contributed by atoms with Crippen molar-refractivity contribution in [3.63, 3.8) is 0 Å². The Hall–Kier alpha value is -1.84. The van der Waals surface area contributed by atoms with Crippen LogP contribution in [0, 0.1) is 13.8 Å². The lowest BCUT2D eigenvalue weighted by molar-refractivity contribution is 0.267. The molecular weight excluding hydrogens is 440 g/mol. The van der Waals surface area contributed by atoms with Gasteiger partial charge in [0.25, 0.3) is 0 Å². The summed E-state index contributed by atoms with van der Waals surface area (Å²) in [5.41, 5.74) is 12.6. The van der Waals surface area contributed by atoms with Crippen molar-refractivity contribution in [2.75, 3.05) is 14.1 Å². The van der Waals surface area contributed by atoms with Gasteiger partial charge in [-0.25, -0.2) is 0 Å². The lowest BCUT2D eigenvalue weighted by Crippen LogP contribution is -2.53. The van der Waals surface area contributed by atoms with Crippen LogP contribution < -0.4 is 0 Å². The van der Waals surface area contributed by atoms with Crippen LogP contribution in [-0.2, 0) is 19.3 Å². The summed E-state index contributed by atoms with van der Waals surface area (Å²) in [6.07, 6.45) is 4.66. The third kappa shape index (κ3) is 4.44. The van der Waals surface area contributed by atoms with Crippen LogP contribution in [0.1, 0.15) is 81.5 Å². The summed E-state index contributed by atoms with van der Waals surface area (Å²) >= 11 is 0. The summed E-state index contributed by atoms with van der Waals surface area (Å²) in [7, 11) is 2.67. The van der Waals surface area contributed by atoms with E-state index in [9.17, 15) is 0 Å². The maximum atomic E-state index is 2.98. The first kappa shape index (κ1) is 26.2. The van der Waals surface area contributed by atoms with E-state index in [0.29, 0.717) is 22.7 Å². The van der Waals surface area contributed by atoms with E-state index in [1.807, 2.05) is 0 Å². The first-order valence-electron chi connectivity index (χ1n) is 13.9. The molecular formula is C32H48N2Si. The summed E-state index contributed by atoms with van der Waals surface area (Å²) in [6, 6.07) is 15.1. The van der Waals surface area contributed by atoms with E-state index in [1.165, 1.54) is 52.4 Å². The summed E-state index contributed by atoms with van der Waals surface area (Å²) < 4.78 is 2.98. The first-order valence-corrected chi connectivity index (χ1v) is 16.0. The molecule has 1 aliphatic carbocycles. The minimum Gasteiger partial charge on any atom is -0.370 e. The Labute approximate surface area is 215 Å². The standard InChI is InChI=1S/C32H48N2Si/c1-21(2)35(22(3)4,23(5)6)34-31-15-13-27(18-26-12-11-24(7)25(8)17-26)19-29(31)30-20-28(33(9)10)14-16-32(30)34/h11-13,15,17,19,21-23,28H,14,16,18,20H2,1-10H3. The lowest BCUT2D eigenvalue weighted by Gasteiger charge is -2.46. The smallest absolute Gasteiger partial charge is 0.169 e. The van der Waals surface area contributed by atoms with Crippen molar-refractivity contribution in [1.82, 2.24) is 9.13 Å². The molecule has 0 N–H and O–H groups in total. The fourth-order valence-electron chi connectivity index (χ4n) is 7.50. The van der Waals surface area contributed by atoms with Crippen molar-refractivity contribution < 1.29 is 0 Å². The monoisotopic (exact) mass is 488 g/mol. The average molecular weight is 489 g/mol. The summed E-state index contributed by atoms with van der Waals surface area (Å²) in [4.78, 5) is 2.45. The molecule has 3 aromatic rings. The number of rotatable bonds is 7. The summed E-state index contributed by atoms with van der Waals surface area (Å²) in [5, 5.41) is 1.53. The molecule has 0 bridgehead atoms. The summed E-state index contributed by atoms with van der Waals surface area (Å²) in [5.74, 6) is 0. The van der Waals surface area contributed by atoms with Gasteiger partial charge in [0.05, 0.1) is 0 Å². The molecule has 190 valence electrons. The lowest BCUT2D eigenvalue weighted by atomic mass is 9.90. The van der Waals surface area contributed by atoms with Crippen LogP contribution in [0.25, 0.3) is 10.9 Å². The van der Waals surface area contributed by atoms with E-state index in [2.05, 4.69) is 115 Å². The van der Waals surface area contributed by atoms with E-state index < -0.39 is 8.24 Å². The van der Waals surface area contributed by atoms with Crippen molar-refractivity contribution >= 4 is 19.1 Å². The second-order valence-electron chi connectivity index (χ2n) is 12.4. The first-order chi connectivity index (χ1) is 16.5. The Morgan fingerprint density at radius 2 is 1.46 bits per heavy atom. The molecule has 1 atom stereocenters. The molecule has 0 aliphatic heterocycles. The maximum Gasteiger partial charge on any atom is 0.169 e. The van der Waals surface area contributed by atoms with Crippen LogP contribution in [0.2, 0.25) is 16.6 Å². The fraction of sp³-hybridized carbons (Fsp3) is 0.562. The maximum absolute atomic E-state index is 2.98. The quantitative estimate of drug-likeness (QED) is 0.304. The van der Waals surface area contributed by atoms with Gasteiger partial charge in [-0.15, -0.1) is 0 Å². The third-order valence-electron chi connectivity index (χ3n) is 9.27. The average Bonchev–Trinajstić information content (AvgIpc) is 3.09. The van der Waals surface area contributed by atoms with Crippen molar-refractivity contribution in [3.8, 4) is 0 Å². The van der Waals surface area contributed by atoms with Gasteiger partial charge in [0.1, 0.15) is 0 Å². The van der Waals surface area contributed by atoms with E-state index in [4.69, 9.17) is 0 Å². The normalized spacial score (nSPS) is 16.8. The minimum atomic E-state index is -1.85. The number of hydrogen-bond acceptors (Lipinski definition) is 1. The third-order valence-corrected chi connectivity index (χ3v) is 16.1. The highest BCUT2D eigenvalue weighted by Gasteiger charge is 2.48. The van der Waals surface area contributed by atoms with Gasteiger partial charge in [-0.2, -0.15) is 0 Å². The molecule has 3 heteroatoms. The molecule has 1 heterocycles. The molecule has 2 aromatic carbocycles. The van der Waals surface area contributed by atoms with Gasteiger partial charge in [-0.1, -0.05) is 65.8 Å². The fourth-order valence-corrected chi connectivity index (χ4v) is 14.4. The van der Waals surface area contributed by atoms with Crippen molar-refractivity contribution in [2.24, 2.45) is 0 Å². The van der Waals surface area contributed by atoms with E-state index in [1.54, 1.807) is 11.3 Å². The summed E-state index contributed by atoms with van der Waals surface area (Å²) in [6.45, 7) is 19.5. The number of hydrogen-bond donors (Lipinski definition) is 0. The van der Waals surface area contributed by atoms with Gasteiger partial charge in [0, 0.05) is 22.6 Å².